The number of carbonyl (C=O) groups is 2. The molecule has 27 heavy (non-hydrogen) atoms. The van der Waals surface area contributed by atoms with E-state index in [-0.39, 0.29) is 11.4 Å². The molecule has 0 fully saturated rings. The van der Waals surface area contributed by atoms with Gasteiger partial charge in [0.25, 0.3) is 5.91 Å². The van der Waals surface area contributed by atoms with Gasteiger partial charge in [-0.1, -0.05) is 19.1 Å². The lowest BCUT2D eigenvalue weighted by Crippen LogP contribution is -2.27. The van der Waals surface area contributed by atoms with Crippen molar-refractivity contribution in [2.45, 2.75) is 39.8 Å². The van der Waals surface area contributed by atoms with Crippen LogP contribution in [0.1, 0.15) is 57.6 Å². The van der Waals surface area contributed by atoms with Crippen LogP contribution in [-0.2, 0) is 11.2 Å². The summed E-state index contributed by atoms with van der Waals surface area (Å²) in [5.74, 6) is -0.907. The molecular formula is C19H22F2N2O4. The second kappa shape index (κ2) is 8.66. The molecule has 6 nitrogen and oxygen atoms in total. The molecule has 2 aromatic rings. The number of ether oxygens (including phenoxy) is 2. The van der Waals surface area contributed by atoms with Crippen LogP contribution in [0.3, 0.4) is 0 Å². The summed E-state index contributed by atoms with van der Waals surface area (Å²) in [4.78, 5) is 27.6. The van der Waals surface area contributed by atoms with Crippen molar-refractivity contribution in [2.75, 3.05) is 7.11 Å². The molecular weight excluding hydrogens is 358 g/mol. The Hall–Kier alpha value is -2.90. The minimum absolute atomic E-state index is 0.0147. The van der Waals surface area contributed by atoms with Gasteiger partial charge < -0.3 is 19.8 Å². The molecule has 1 unspecified atom stereocenters. The zero-order valence-electron chi connectivity index (χ0n) is 15.6. The first-order chi connectivity index (χ1) is 12.8. The lowest BCUT2D eigenvalue weighted by atomic mass is 10.1. The van der Waals surface area contributed by atoms with Crippen LogP contribution >= 0.6 is 0 Å². The van der Waals surface area contributed by atoms with E-state index in [2.05, 4.69) is 15.0 Å². The first-order valence-corrected chi connectivity index (χ1v) is 8.43. The predicted molar refractivity (Wildman–Crippen MR) is 95.2 cm³/mol. The topological polar surface area (TPSA) is 80.4 Å². The molecule has 0 aliphatic carbocycles. The van der Waals surface area contributed by atoms with Crippen molar-refractivity contribution < 1.29 is 27.8 Å². The van der Waals surface area contributed by atoms with Crippen molar-refractivity contribution in [3.8, 4) is 5.75 Å². The SMILES string of the molecule is CCc1[nH]c(C(=O)NC(C)c2cccc(OC(F)F)c2)c(C)c1C(=O)OC. The summed E-state index contributed by atoms with van der Waals surface area (Å²) < 4.78 is 33.9. The molecule has 2 N–H and O–H groups in total. The fourth-order valence-corrected chi connectivity index (χ4v) is 2.84. The Balaban J connectivity index is 2.22. The molecule has 0 bridgehead atoms. The van der Waals surface area contributed by atoms with Crippen molar-refractivity contribution >= 4 is 11.9 Å². The third kappa shape index (κ3) is 4.64. The van der Waals surface area contributed by atoms with Crippen LogP contribution in [-0.4, -0.2) is 30.6 Å². The standard InChI is InChI=1S/C19H22F2N2O4/c1-5-14-15(18(25)26-4)10(2)16(23-14)17(24)22-11(3)12-7-6-8-13(9-12)27-19(20)21/h6-9,11,19,23H,5H2,1-4H3,(H,22,24). The Kier molecular flexibility index (Phi) is 6.55. The predicted octanol–water partition coefficient (Wildman–Crippen LogP) is 3.76. The van der Waals surface area contributed by atoms with Crippen LogP contribution in [0.5, 0.6) is 5.75 Å². The van der Waals surface area contributed by atoms with Gasteiger partial charge in [0.2, 0.25) is 0 Å². The summed E-state index contributed by atoms with van der Waals surface area (Å²) in [6.07, 6.45) is 0.529. The van der Waals surface area contributed by atoms with Gasteiger partial charge in [0.05, 0.1) is 18.7 Å². The minimum atomic E-state index is -2.92. The first-order valence-electron chi connectivity index (χ1n) is 8.43. The molecule has 0 aliphatic heterocycles. The molecule has 146 valence electrons. The highest BCUT2D eigenvalue weighted by Crippen LogP contribution is 2.23. The highest BCUT2D eigenvalue weighted by molar-refractivity contribution is 6.00. The molecule has 1 heterocycles. The van der Waals surface area contributed by atoms with E-state index in [0.29, 0.717) is 28.8 Å². The van der Waals surface area contributed by atoms with E-state index >= 15 is 0 Å². The number of halogens is 2. The fourth-order valence-electron chi connectivity index (χ4n) is 2.84. The number of esters is 1. The number of hydrogen-bond donors (Lipinski definition) is 2. The molecule has 2 rings (SSSR count). The number of benzene rings is 1. The molecule has 0 saturated heterocycles. The van der Waals surface area contributed by atoms with Crippen molar-refractivity contribution in [3.05, 3.63) is 52.3 Å². The number of nitrogens with one attached hydrogen (secondary N) is 2. The maximum absolute atomic E-state index is 12.7. The average Bonchev–Trinajstić information content (AvgIpc) is 2.97. The molecule has 1 aromatic carbocycles. The number of aromatic amines is 1. The van der Waals surface area contributed by atoms with Gasteiger partial charge in [-0.05, 0) is 43.5 Å². The number of carbonyl (C=O) groups excluding carboxylic acids is 2. The van der Waals surface area contributed by atoms with Gasteiger partial charge in [-0.15, -0.1) is 0 Å². The van der Waals surface area contributed by atoms with Crippen LogP contribution in [0, 0.1) is 6.92 Å². The Morgan fingerprint density at radius 1 is 1.30 bits per heavy atom. The molecule has 0 radical (unpaired) electrons. The van der Waals surface area contributed by atoms with Gasteiger partial charge in [0.1, 0.15) is 11.4 Å². The monoisotopic (exact) mass is 380 g/mol. The summed E-state index contributed by atoms with van der Waals surface area (Å²) in [7, 11) is 1.28. The van der Waals surface area contributed by atoms with Crippen molar-refractivity contribution in [2.24, 2.45) is 0 Å². The Bertz CT molecular complexity index is 833. The lowest BCUT2D eigenvalue weighted by molar-refractivity contribution is -0.0499. The number of H-pyrrole nitrogens is 1. The largest absolute Gasteiger partial charge is 0.465 e. The Morgan fingerprint density at radius 2 is 2.00 bits per heavy atom. The molecule has 8 heteroatoms. The number of amides is 1. The van der Waals surface area contributed by atoms with Crippen LogP contribution < -0.4 is 10.1 Å². The van der Waals surface area contributed by atoms with Crippen LogP contribution in [0.15, 0.2) is 24.3 Å². The first kappa shape index (κ1) is 20.4. The average molecular weight is 380 g/mol. The zero-order chi connectivity index (χ0) is 20.1. The molecule has 0 saturated carbocycles. The number of alkyl halides is 2. The van der Waals surface area contributed by atoms with E-state index in [0.717, 1.165) is 0 Å². The number of rotatable bonds is 7. The van der Waals surface area contributed by atoms with Crippen molar-refractivity contribution in [3.63, 3.8) is 0 Å². The molecule has 1 amide bonds. The van der Waals surface area contributed by atoms with E-state index in [1.807, 2.05) is 6.92 Å². The zero-order valence-corrected chi connectivity index (χ0v) is 15.6. The van der Waals surface area contributed by atoms with Crippen molar-refractivity contribution in [1.82, 2.24) is 10.3 Å². The van der Waals surface area contributed by atoms with Gasteiger partial charge in [-0.25, -0.2) is 4.79 Å². The second-order valence-electron chi connectivity index (χ2n) is 5.97. The molecule has 0 spiro atoms. The van der Waals surface area contributed by atoms with E-state index in [4.69, 9.17) is 4.74 Å². The maximum Gasteiger partial charge on any atom is 0.387 e. The third-order valence-corrected chi connectivity index (χ3v) is 4.23. The minimum Gasteiger partial charge on any atom is -0.465 e. The van der Waals surface area contributed by atoms with Gasteiger partial charge in [-0.3, -0.25) is 4.79 Å². The summed E-state index contributed by atoms with van der Waals surface area (Å²) in [6, 6.07) is 5.65. The van der Waals surface area contributed by atoms with E-state index < -0.39 is 24.5 Å². The highest BCUT2D eigenvalue weighted by atomic mass is 19.3. The molecule has 1 atom stereocenters. The fraction of sp³-hybridized carbons (Fsp3) is 0.368. The summed E-state index contributed by atoms with van der Waals surface area (Å²) in [6.45, 7) is 2.32. The van der Waals surface area contributed by atoms with Gasteiger partial charge in [0.15, 0.2) is 0 Å². The van der Waals surface area contributed by atoms with E-state index in [1.165, 1.54) is 19.2 Å². The van der Waals surface area contributed by atoms with E-state index in [1.54, 1.807) is 26.0 Å². The van der Waals surface area contributed by atoms with Gasteiger partial charge in [0, 0.05) is 5.69 Å². The normalized spacial score (nSPS) is 12.0. The maximum atomic E-state index is 12.7. The summed E-state index contributed by atoms with van der Waals surface area (Å²) >= 11 is 0. The molecule has 0 aliphatic rings. The van der Waals surface area contributed by atoms with Crippen molar-refractivity contribution in [1.29, 1.82) is 0 Å². The number of aromatic nitrogens is 1. The molecule has 1 aromatic heterocycles. The summed E-state index contributed by atoms with van der Waals surface area (Å²) in [5, 5.41) is 2.79. The van der Waals surface area contributed by atoms with Crippen LogP contribution in [0.4, 0.5) is 8.78 Å². The quantitative estimate of drug-likeness (QED) is 0.717. The van der Waals surface area contributed by atoms with E-state index in [9.17, 15) is 18.4 Å². The van der Waals surface area contributed by atoms with Crippen LogP contribution in [0.25, 0.3) is 0 Å². The second-order valence-corrected chi connectivity index (χ2v) is 5.97. The number of methoxy groups -OCH3 is 1. The smallest absolute Gasteiger partial charge is 0.387 e. The highest BCUT2D eigenvalue weighted by Gasteiger charge is 2.24. The van der Waals surface area contributed by atoms with Gasteiger partial charge in [-0.2, -0.15) is 8.78 Å². The Morgan fingerprint density at radius 3 is 2.59 bits per heavy atom. The van der Waals surface area contributed by atoms with Crippen LogP contribution in [0.2, 0.25) is 0 Å². The third-order valence-electron chi connectivity index (χ3n) is 4.23. The Labute approximate surface area is 155 Å². The lowest BCUT2D eigenvalue weighted by Gasteiger charge is -2.15. The van der Waals surface area contributed by atoms with Gasteiger partial charge >= 0.3 is 12.6 Å². The number of aryl methyl sites for hydroxylation is 1. The summed E-state index contributed by atoms with van der Waals surface area (Å²) in [5.41, 5.74) is 2.33. The number of hydrogen-bond acceptors (Lipinski definition) is 4.